The van der Waals surface area contributed by atoms with E-state index in [0.29, 0.717) is 0 Å². The van der Waals surface area contributed by atoms with Gasteiger partial charge in [-0.05, 0) is 12.1 Å². The van der Waals surface area contributed by atoms with Gasteiger partial charge in [-0.3, -0.25) is 0 Å². The molecule has 2 N–H and O–H groups in total. The van der Waals surface area contributed by atoms with E-state index in [-0.39, 0.29) is 5.82 Å². The van der Waals surface area contributed by atoms with Crippen molar-refractivity contribution in [3.05, 3.63) is 36.5 Å². The van der Waals surface area contributed by atoms with Crippen LogP contribution in [-0.2, 0) is 0 Å². The molecule has 2 aromatic rings. The first-order valence-electron chi connectivity index (χ1n) is 3.96. The van der Waals surface area contributed by atoms with Crippen LogP contribution in [0.25, 0.3) is 11.3 Å². The zero-order chi connectivity index (χ0) is 9.97. The van der Waals surface area contributed by atoms with E-state index < -0.39 is 5.97 Å². The third-order valence-corrected chi connectivity index (χ3v) is 1.75. The summed E-state index contributed by atoms with van der Waals surface area (Å²) in [5.41, 5.74) is 1.63. The zero-order valence-electron chi connectivity index (χ0n) is 7.14. The topological polar surface area (TPSA) is 78.9 Å². The van der Waals surface area contributed by atoms with Gasteiger partial charge in [-0.15, -0.1) is 0 Å². The number of aromatic amines is 1. The highest BCUT2D eigenvalue weighted by Crippen LogP contribution is 2.13. The number of aromatic nitrogens is 3. The minimum atomic E-state index is -1.12. The van der Waals surface area contributed by atoms with Gasteiger partial charge < -0.3 is 10.1 Å². The molecule has 5 nitrogen and oxygen atoms in total. The fourth-order valence-corrected chi connectivity index (χ4v) is 1.09. The molecule has 0 unspecified atom stereocenters. The van der Waals surface area contributed by atoms with Crippen LogP contribution in [0.3, 0.4) is 0 Å². The third-order valence-electron chi connectivity index (χ3n) is 1.75. The number of carboxylic acid groups (broad SMARTS) is 1. The summed E-state index contributed by atoms with van der Waals surface area (Å²) in [6.45, 7) is 0. The monoisotopic (exact) mass is 189 g/mol. The Morgan fingerprint density at radius 1 is 1.36 bits per heavy atom. The molecule has 2 heterocycles. The summed E-state index contributed by atoms with van der Waals surface area (Å²) in [5.74, 6) is -1.32. The van der Waals surface area contributed by atoms with Crippen LogP contribution in [0.4, 0.5) is 0 Å². The van der Waals surface area contributed by atoms with E-state index in [1.807, 2.05) is 12.1 Å². The van der Waals surface area contributed by atoms with Gasteiger partial charge in [-0.2, -0.15) is 0 Å². The molecule has 2 aromatic heterocycles. The van der Waals surface area contributed by atoms with Crippen LogP contribution in [-0.4, -0.2) is 26.0 Å². The highest BCUT2D eigenvalue weighted by molar-refractivity contribution is 5.83. The zero-order valence-corrected chi connectivity index (χ0v) is 7.14. The lowest BCUT2D eigenvalue weighted by atomic mass is 10.2. The summed E-state index contributed by atoms with van der Waals surface area (Å²) < 4.78 is 0. The van der Waals surface area contributed by atoms with Crippen LogP contribution in [0.2, 0.25) is 0 Å². The number of nitrogens with zero attached hydrogens (tertiary/aromatic N) is 2. The Bertz CT molecular complexity index is 434. The SMILES string of the molecule is O=C(O)c1ncc(-c2ccc[nH]2)cn1. The number of hydrogen-bond donors (Lipinski definition) is 2. The normalized spacial score (nSPS) is 10.0. The lowest BCUT2D eigenvalue weighted by Crippen LogP contribution is -2.03. The molecule has 0 aliphatic heterocycles. The fourth-order valence-electron chi connectivity index (χ4n) is 1.09. The lowest BCUT2D eigenvalue weighted by Gasteiger charge is -1.96. The molecule has 0 spiro atoms. The van der Waals surface area contributed by atoms with E-state index in [0.717, 1.165) is 11.3 Å². The molecule has 0 bridgehead atoms. The Morgan fingerprint density at radius 3 is 2.57 bits per heavy atom. The number of carbonyl (C=O) groups is 1. The smallest absolute Gasteiger partial charge is 0.373 e. The Labute approximate surface area is 79.5 Å². The van der Waals surface area contributed by atoms with E-state index in [1.54, 1.807) is 6.20 Å². The molecule has 0 saturated carbocycles. The summed E-state index contributed by atoms with van der Waals surface area (Å²) in [7, 11) is 0. The van der Waals surface area contributed by atoms with E-state index in [1.165, 1.54) is 12.4 Å². The van der Waals surface area contributed by atoms with Crippen molar-refractivity contribution in [3.8, 4) is 11.3 Å². The molecule has 0 fully saturated rings. The van der Waals surface area contributed by atoms with Crippen molar-refractivity contribution in [3.63, 3.8) is 0 Å². The first kappa shape index (κ1) is 8.43. The second kappa shape index (κ2) is 3.29. The molecule has 0 saturated heterocycles. The predicted octanol–water partition coefficient (Wildman–Crippen LogP) is 1.17. The first-order chi connectivity index (χ1) is 6.77. The minimum absolute atomic E-state index is 0.194. The second-order valence-electron chi connectivity index (χ2n) is 2.68. The quantitative estimate of drug-likeness (QED) is 0.743. The van der Waals surface area contributed by atoms with Gasteiger partial charge in [0.25, 0.3) is 0 Å². The average molecular weight is 189 g/mol. The molecular weight excluding hydrogens is 182 g/mol. The summed E-state index contributed by atoms with van der Waals surface area (Å²) >= 11 is 0. The lowest BCUT2D eigenvalue weighted by molar-refractivity contribution is 0.0683. The second-order valence-corrected chi connectivity index (χ2v) is 2.68. The summed E-state index contributed by atoms with van der Waals surface area (Å²) in [6.07, 6.45) is 4.73. The highest BCUT2D eigenvalue weighted by atomic mass is 16.4. The van der Waals surface area contributed by atoms with Crippen LogP contribution >= 0.6 is 0 Å². The van der Waals surface area contributed by atoms with Gasteiger partial charge in [0, 0.05) is 29.8 Å². The number of nitrogens with one attached hydrogen (secondary N) is 1. The van der Waals surface area contributed by atoms with Crippen molar-refractivity contribution < 1.29 is 9.90 Å². The molecule has 0 atom stereocenters. The molecule has 14 heavy (non-hydrogen) atoms. The molecule has 0 amide bonds. The van der Waals surface area contributed by atoms with Crippen LogP contribution in [0, 0.1) is 0 Å². The third kappa shape index (κ3) is 1.47. The minimum Gasteiger partial charge on any atom is -0.475 e. The van der Waals surface area contributed by atoms with Gasteiger partial charge >= 0.3 is 5.97 Å². The van der Waals surface area contributed by atoms with Crippen LogP contribution in [0.15, 0.2) is 30.7 Å². The van der Waals surface area contributed by atoms with Crippen molar-refractivity contribution in [2.45, 2.75) is 0 Å². The fraction of sp³-hybridized carbons (Fsp3) is 0. The van der Waals surface area contributed by atoms with E-state index >= 15 is 0 Å². The van der Waals surface area contributed by atoms with Gasteiger partial charge in [0.1, 0.15) is 0 Å². The van der Waals surface area contributed by atoms with Crippen molar-refractivity contribution in [2.75, 3.05) is 0 Å². The van der Waals surface area contributed by atoms with Crippen molar-refractivity contribution in [2.24, 2.45) is 0 Å². The van der Waals surface area contributed by atoms with Crippen LogP contribution in [0.5, 0.6) is 0 Å². The summed E-state index contributed by atoms with van der Waals surface area (Å²) in [6, 6.07) is 3.71. The number of hydrogen-bond acceptors (Lipinski definition) is 3. The van der Waals surface area contributed by atoms with Gasteiger partial charge in [-0.25, -0.2) is 14.8 Å². The Kier molecular flexibility index (Phi) is 1.98. The molecule has 0 aliphatic carbocycles. The number of aromatic carboxylic acids is 1. The van der Waals surface area contributed by atoms with Gasteiger partial charge in [0.05, 0.1) is 0 Å². The summed E-state index contributed by atoms with van der Waals surface area (Å²) in [5, 5.41) is 8.57. The molecule has 0 aliphatic rings. The highest BCUT2D eigenvalue weighted by Gasteiger charge is 2.06. The maximum atomic E-state index is 10.5. The number of rotatable bonds is 2. The number of H-pyrrole nitrogens is 1. The largest absolute Gasteiger partial charge is 0.475 e. The average Bonchev–Trinajstić information content (AvgIpc) is 2.71. The van der Waals surface area contributed by atoms with E-state index in [9.17, 15) is 4.79 Å². The van der Waals surface area contributed by atoms with Gasteiger partial charge in [0.2, 0.25) is 5.82 Å². The van der Waals surface area contributed by atoms with Gasteiger partial charge in [-0.1, -0.05) is 0 Å². The standard InChI is InChI=1S/C9H7N3O2/c13-9(14)8-11-4-6(5-12-8)7-2-1-3-10-7/h1-5,10H,(H,13,14). The molecule has 0 radical (unpaired) electrons. The molecule has 2 rings (SSSR count). The Morgan fingerprint density at radius 2 is 2.07 bits per heavy atom. The Balaban J connectivity index is 2.36. The van der Waals surface area contributed by atoms with Gasteiger partial charge in [0.15, 0.2) is 0 Å². The van der Waals surface area contributed by atoms with Crippen molar-refractivity contribution in [1.29, 1.82) is 0 Å². The maximum Gasteiger partial charge on any atom is 0.373 e. The maximum absolute atomic E-state index is 10.5. The van der Waals surface area contributed by atoms with Crippen molar-refractivity contribution >= 4 is 5.97 Å². The van der Waals surface area contributed by atoms with Crippen molar-refractivity contribution in [1.82, 2.24) is 15.0 Å². The molecule has 5 heteroatoms. The first-order valence-corrected chi connectivity index (χ1v) is 3.96. The molecular formula is C9H7N3O2. The molecule has 70 valence electrons. The van der Waals surface area contributed by atoms with E-state index in [2.05, 4.69) is 15.0 Å². The summed E-state index contributed by atoms with van der Waals surface area (Å²) in [4.78, 5) is 20.8. The van der Waals surface area contributed by atoms with Crippen LogP contribution in [0.1, 0.15) is 10.6 Å². The number of carboxylic acids is 1. The molecule has 0 aromatic carbocycles. The Hall–Kier alpha value is -2.17. The van der Waals surface area contributed by atoms with Crippen LogP contribution < -0.4 is 0 Å². The predicted molar refractivity (Wildman–Crippen MR) is 48.8 cm³/mol. The van der Waals surface area contributed by atoms with E-state index in [4.69, 9.17) is 5.11 Å².